The third kappa shape index (κ3) is 3.65. The van der Waals surface area contributed by atoms with E-state index in [0.717, 1.165) is 32.5 Å². The molecule has 20 heavy (non-hydrogen) atoms. The summed E-state index contributed by atoms with van der Waals surface area (Å²) < 4.78 is 27.3. The molecule has 1 atom stereocenters. The number of rotatable bonds is 5. The van der Waals surface area contributed by atoms with Gasteiger partial charge < -0.3 is 10.2 Å². The highest BCUT2D eigenvalue weighted by Gasteiger charge is 2.25. The number of anilines is 1. The fourth-order valence-electron chi connectivity index (χ4n) is 2.31. The van der Waals surface area contributed by atoms with Crippen molar-refractivity contribution in [3.05, 3.63) is 12.4 Å². The van der Waals surface area contributed by atoms with Crippen molar-refractivity contribution >= 4 is 16.0 Å². The molecule has 1 aromatic heterocycles. The lowest BCUT2D eigenvalue weighted by Gasteiger charge is -2.31. The number of hydrogen-bond donors (Lipinski definition) is 2. The smallest absolute Gasteiger partial charge is 0.243 e. The Morgan fingerprint density at radius 2 is 2.10 bits per heavy atom. The van der Waals surface area contributed by atoms with Crippen molar-refractivity contribution in [1.29, 1.82) is 0 Å². The van der Waals surface area contributed by atoms with Gasteiger partial charge >= 0.3 is 0 Å². The molecule has 0 amide bonds. The second-order valence-corrected chi connectivity index (χ2v) is 6.56. The SMILES string of the molecule is CCN1CCCC(NS(=O)(=O)c2cnc(NC)nc2)C1. The van der Waals surface area contributed by atoms with Crippen molar-refractivity contribution in [2.24, 2.45) is 0 Å². The molecule has 7 nitrogen and oxygen atoms in total. The van der Waals surface area contributed by atoms with Crippen molar-refractivity contribution < 1.29 is 8.42 Å². The minimum Gasteiger partial charge on any atom is -0.357 e. The number of likely N-dealkylation sites (N-methyl/N-ethyl adjacent to an activating group) is 1. The molecule has 1 saturated heterocycles. The highest BCUT2D eigenvalue weighted by Crippen LogP contribution is 2.14. The summed E-state index contributed by atoms with van der Waals surface area (Å²) in [5, 5.41) is 2.76. The van der Waals surface area contributed by atoms with E-state index in [4.69, 9.17) is 0 Å². The summed E-state index contributed by atoms with van der Waals surface area (Å²) in [6, 6.07) is -0.0438. The number of aromatic nitrogens is 2. The zero-order valence-corrected chi connectivity index (χ0v) is 12.7. The first-order valence-corrected chi connectivity index (χ1v) is 8.28. The number of hydrogen-bond acceptors (Lipinski definition) is 6. The number of sulfonamides is 1. The Labute approximate surface area is 119 Å². The van der Waals surface area contributed by atoms with Crippen LogP contribution in [0.25, 0.3) is 0 Å². The summed E-state index contributed by atoms with van der Waals surface area (Å²) in [6.07, 6.45) is 4.52. The quantitative estimate of drug-likeness (QED) is 0.812. The van der Waals surface area contributed by atoms with E-state index in [2.05, 4.69) is 31.8 Å². The minimum atomic E-state index is -3.55. The maximum atomic E-state index is 12.3. The molecule has 0 aliphatic carbocycles. The molecule has 0 saturated carbocycles. The summed E-state index contributed by atoms with van der Waals surface area (Å²) in [7, 11) is -1.86. The number of nitrogens with zero attached hydrogens (tertiary/aromatic N) is 3. The second kappa shape index (κ2) is 6.47. The van der Waals surface area contributed by atoms with Gasteiger partial charge in [0.05, 0.1) is 12.4 Å². The summed E-state index contributed by atoms with van der Waals surface area (Å²) in [5.41, 5.74) is 0. The first kappa shape index (κ1) is 15.1. The van der Waals surface area contributed by atoms with Gasteiger partial charge in [-0.25, -0.2) is 23.1 Å². The largest absolute Gasteiger partial charge is 0.357 e. The van der Waals surface area contributed by atoms with Crippen LogP contribution < -0.4 is 10.0 Å². The molecule has 1 aliphatic rings. The van der Waals surface area contributed by atoms with Gasteiger partial charge in [-0.2, -0.15) is 0 Å². The van der Waals surface area contributed by atoms with Crippen molar-refractivity contribution in [1.82, 2.24) is 19.6 Å². The summed E-state index contributed by atoms with van der Waals surface area (Å²) in [4.78, 5) is 10.2. The summed E-state index contributed by atoms with van der Waals surface area (Å²) in [5.74, 6) is 0.402. The van der Waals surface area contributed by atoms with Crippen LogP contribution in [-0.2, 0) is 10.0 Å². The normalized spacial score (nSPS) is 20.8. The molecule has 1 aromatic rings. The third-order valence-corrected chi connectivity index (χ3v) is 4.91. The van der Waals surface area contributed by atoms with Crippen LogP contribution in [0.15, 0.2) is 17.3 Å². The molecule has 0 bridgehead atoms. The van der Waals surface area contributed by atoms with Gasteiger partial charge in [0.2, 0.25) is 16.0 Å². The van der Waals surface area contributed by atoms with Crippen LogP contribution >= 0.6 is 0 Å². The zero-order chi connectivity index (χ0) is 14.6. The summed E-state index contributed by atoms with van der Waals surface area (Å²) >= 11 is 0. The molecule has 0 spiro atoms. The minimum absolute atomic E-state index is 0.0438. The lowest BCUT2D eigenvalue weighted by molar-refractivity contribution is 0.211. The Morgan fingerprint density at radius 1 is 1.40 bits per heavy atom. The van der Waals surface area contributed by atoms with Crippen LogP contribution in [0.1, 0.15) is 19.8 Å². The Bertz CT molecular complexity index is 531. The molecule has 1 unspecified atom stereocenters. The van der Waals surface area contributed by atoms with E-state index in [1.165, 1.54) is 12.4 Å². The van der Waals surface area contributed by atoms with E-state index in [-0.39, 0.29) is 10.9 Å². The summed E-state index contributed by atoms with van der Waals surface area (Å²) in [6.45, 7) is 4.82. The molecular weight excluding hydrogens is 278 g/mol. The van der Waals surface area contributed by atoms with Crippen molar-refractivity contribution in [2.75, 3.05) is 32.0 Å². The Balaban J connectivity index is 2.06. The van der Waals surface area contributed by atoms with Crippen molar-refractivity contribution in [2.45, 2.75) is 30.7 Å². The fourth-order valence-corrected chi connectivity index (χ4v) is 3.46. The Hall–Kier alpha value is -1.25. The molecule has 8 heteroatoms. The van der Waals surface area contributed by atoms with Gasteiger partial charge in [-0.05, 0) is 25.9 Å². The third-order valence-electron chi connectivity index (χ3n) is 3.44. The van der Waals surface area contributed by atoms with Crippen LogP contribution in [-0.4, -0.2) is 56.0 Å². The fraction of sp³-hybridized carbons (Fsp3) is 0.667. The van der Waals surface area contributed by atoms with Gasteiger partial charge in [0.25, 0.3) is 0 Å². The van der Waals surface area contributed by atoms with E-state index in [0.29, 0.717) is 5.95 Å². The molecule has 0 aromatic carbocycles. The lowest BCUT2D eigenvalue weighted by atomic mass is 10.1. The predicted molar refractivity (Wildman–Crippen MR) is 77.0 cm³/mol. The second-order valence-electron chi connectivity index (χ2n) is 4.85. The number of likely N-dealkylation sites (tertiary alicyclic amines) is 1. The van der Waals surface area contributed by atoms with Gasteiger partial charge in [0, 0.05) is 19.6 Å². The van der Waals surface area contributed by atoms with Gasteiger partial charge in [0.1, 0.15) is 4.90 Å². The average Bonchev–Trinajstić information content (AvgIpc) is 2.47. The average molecular weight is 299 g/mol. The van der Waals surface area contributed by atoms with Crippen LogP contribution in [0.3, 0.4) is 0 Å². The molecular formula is C12H21N5O2S. The lowest BCUT2D eigenvalue weighted by Crippen LogP contribution is -2.47. The van der Waals surface area contributed by atoms with Crippen molar-refractivity contribution in [3.63, 3.8) is 0 Å². The first-order valence-electron chi connectivity index (χ1n) is 6.79. The molecule has 1 fully saturated rings. The van der Waals surface area contributed by atoms with Gasteiger partial charge in [-0.1, -0.05) is 6.92 Å². The van der Waals surface area contributed by atoms with E-state index >= 15 is 0 Å². The maximum Gasteiger partial charge on any atom is 0.243 e. The van der Waals surface area contributed by atoms with Gasteiger partial charge in [-0.15, -0.1) is 0 Å². The van der Waals surface area contributed by atoms with Crippen LogP contribution in [0.5, 0.6) is 0 Å². The molecule has 2 heterocycles. The van der Waals surface area contributed by atoms with E-state index < -0.39 is 10.0 Å². The van der Waals surface area contributed by atoms with Gasteiger partial charge in [-0.3, -0.25) is 0 Å². The van der Waals surface area contributed by atoms with Crippen LogP contribution in [0.2, 0.25) is 0 Å². The molecule has 2 rings (SSSR count). The number of piperidine rings is 1. The predicted octanol–water partition coefficient (Wildman–Crippen LogP) is 0.281. The molecule has 1 aliphatic heterocycles. The van der Waals surface area contributed by atoms with E-state index in [1.54, 1.807) is 7.05 Å². The van der Waals surface area contributed by atoms with Crippen molar-refractivity contribution in [3.8, 4) is 0 Å². The standard InChI is InChI=1S/C12H21N5O2S/c1-3-17-6-4-5-10(9-17)16-20(18,19)11-7-14-12(13-2)15-8-11/h7-8,10,16H,3-6,9H2,1-2H3,(H,13,14,15). The Kier molecular flexibility index (Phi) is 4.90. The first-order chi connectivity index (χ1) is 9.55. The highest BCUT2D eigenvalue weighted by atomic mass is 32.2. The van der Waals surface area contributed by atoms with Gasteiger partial charge in [0.15, 0.2) is 0 Å². The highest BCUT2D eigenvalue weighted by molar-refractivity contribution is 7.89. The maximum absolute atomic E-state index is 12.3. The molecule has 0 radical (unpaired) electrons. The van der Waals surface area contributed by atoms with E-state index in [9.17, 15) is 8.42 Å². The monoisotopic (exact) mass is 299 g/mol. The Morgan fingerprint density at radius 3 is 2.70 bits per heavy atom. The van der Waals surface area contributed by atoms with E-state index in [1.807, 2.05) is 0 Å². The zero-order valence-electron chi connectivity index (χ0n) is 11.8. The molecule has 112 valence electrons. The topological polar surface area (TPSA) is 87.2 Å². The number of nitrogens with one attached hydrogen (secondary N) is 2. The van der Waals surface area contributed by atoms with Crippen LogP contribution in [0.4, 0.5) is 5.95 Å². The molecule has 2 N–H and O–H groups in total. The van der Waals surface area contributed by atoms with Crippen LogP contribution in [0, 0.1) is 0 Å².